The predicted molar refractivity (Wildman–Crippen MR) is 120 cm³/mol. The van der Waals surface area contributed by atoms with E-state index in [4.69, 9.17) is 12.2 Å². The van der Waals surface area contributed by atoms with Crippen molar-refractivity contribution in [3.8, 4) is 0 Å². The van der Waals surface area contributed by atoms with E-state index in [-0.39, 0.29) is 6.04 Å². The molecule has 0 saturated carbocycles. The summed E-state index contributed by atoms with van der Waals surface area (Å²) in [7, 11) is 2.13. The fourth-order valence-corrected chi connectivity index (χ4v) is 4.18. The van der Waals surface area contributed by atoms with Gasteiger partial charge in [-0.3, -0.25) is 5.43 Å². The molecule has 3 aliphatic heterocycles. The number of likely N-dealkylation sites (tertiary alicyclic amines) is 1. The number of anilines is 1. The van der Waals surface area contributed by atoms with Crippen LogP contribution in [-0.2, 0) is 0 Å². The van der Waals surface area contributed by atoms with Crippen molar-refractivity contribution in [3.63, 3.8) is 0 Å². The highest BCUT2D eigenvalue weighted by Crippen LogP contribution is 2.20. The number of likely N-dealkylation sites (N-methyl/N-ethyl adjacent to an activating group) is 1. The first kappa shape index (κ1) is 18.8. The van der Waals surface area contributed by atoms with Gasteiger partial charge in [-0.1, -0.05) is 12.1 Å². The van der Waals surface area contributed by atoms with E-state index in [1.54, 1.807) is 0 Å². The van der Waals surface area contributed by atoms with Gasteiger partial charge in [0.1, 0.15) is 6.04 Å². The number of dihydropyridines is 1. The Balaban J connectivity index is 1.33. The first-order chi connectivity index (χ1) is 13.6. The molecule has 2 fully saturated rings. The molecule has 3 aliphatic rings. The Kier molecular flexibility index (Phi) is 5.52. The lowest BCUT2D eigenvalue weighted by Gasteiger charge is -2.38. The summed E-state index contributed by atoms with van der Waals surface area (Å²) in [4.78, 5) is 6.92. The van der Waals surface area contributed by atoms with Gasteiger partial charge in [0.2, 0.25) is 0 Å². The molecular formula is C21H28N6S. The van der Waals surface area contributed by atoms with Crippen molar-refractivity contribution >= 4 is 28.7 Å². The molecule has 0 aromatic heterocycles. The summed E-state index contributed by atoms with van der Waals surface area (Å²) in [5.41, 5.74) is 8.10. The third kappa shape index (κ3) is 3.99. The van der Waals surface area contributed by atoms with Gasteiger partial charge in [0.15, 0.2) is 5.11 Å². The zero-order valence-corrected chi connectivity index (χ0v) is 17.4. The van der Waals surface area contributed by atoms with Crippen LogP contribution in [0.15, 0.2) is 53.4 Å². The fraction of sp³-hybridized carbons (Fsp3) is 0.429. The highest BCUT2D eigenvalue weighted by atomic mass is 32.1. The number of benzene rings is 1. The standard InChI is InChI=1S/C21H28N6S/c1-16-5-3-6-17(15-16)26-11-13-27(14-12-26)21(28)24-23-18-8-10-25(2)19-7-4-9-22-20(18)19/h3-7,9,15,20,22H,8,10-14H2,1-2H3,(H,24,28)/b23-18-. The molecule has 4 rings (SSSR count). The number of aryl methyl sites for hydroxylation is 1. The molecule has 0 bridgehead atoms. The van der Waals surface area contributed by atoms with Crippen molar-refractivity contribution in [3.05, 3.63) is 53.9 Å². The maximum Gasteiger partial charge on any atom is 0.189 e. The Morgan fingerprint density at radius 2 is 2.04 bits per heavy atom. The molecular weight excluding hydrogens is 368 g/mol. The molecule has 3 heterocycles. The summed E-state index contributed by atoms with van der Waals surface area (Å²) in [6.07, 6.45) is 7.09. The van der Waals surface area contributed by atoms with Crippen LogP contribution in [0, 0.1) is 6.92 Å². The largest absolute Gasteiger partial charge is 0.378 e. The summed E-state index contributed by atoms with van der Waals surface area (Å²) in [6.45, 7) is 6.85. The molecule has 2 N–H and O–H groups in total. The van der Waals surface area contributed by atoms with E-state index in [0.29, 0.717) is 5.11 Å². The number of nitrogens with zero attached hydrogens (tertiary/aromatic N) is 4. The normalized spacial score (nSPS) is 23.2. The summed E-state index contributed by atoms with van der Waals surface area (Å²) in [5.74, 6) is 0. The van der Waals surface area contributed by atoms with E-state index in [2.05, 4.69) is 74.9 Å². The highest BCUT2D eigenvalue weighted by molar-refractivity contribution is 7.80. The minimum Gasteiger partial charge on any atom is -0.378 e. The van der Waals surface area contributed by atoms with Gasteiger partial charge in [-0.25, -0.2) is 0 Å². The first-order valence-corrected chi connectivity index (χ1v) is 10.3. The number of piperidine rings is 1. The maximum atomic E-state index is 5.62. The van der Waals surface area contributed by atoms with E-state index < -0.39 is 0 Å². The van der Waals surface area contributed by atoms with Gasteiger partial charge in [0, 0.05) is 57.6 Å². The van der Waals surface area contributed by atoms with Gasteiger partial charge in [0.05, 0.1) is 5.71 Å². The quantitative estimate of drug-likeness (QED) is 0.589. The topological polar surface area (TPSA) is 46.1 Å². The summed E-state index contributed by atoms with van der Waals surface area (Å²) in [5, 5.41) is 8.80. The number of nitrogens with one attached hydrogen (secondary N) is 2. The van der Waals surface area contributed by atoms with Crippen LogP contribution < -0.4 is 15.6 Å². The van der Waals surface area contributed by atoms with E-state index in [9.17, 15) is 0 Å². The van der Waals surface area contributed by atoms with Crippen LogP contribution in [0.4, 0.5) is 5.69 Å². The second-order valence-electron chi connectivity index (χ2n) is 7.56. The Hall–Kier alpha value is -2.54. The second-order valence-corrected chi connectivity index (χ2v) is 7.94. The Morgan fingerprint density at radius 1 is 1.21 bits per heavy atom. The van der Waals surface area contributed by atoms with Crippen LogP contribution in [0.1, 0.15) is 12.0 Å². The average molecular weight is 397 g/mol. The Morgan fingerprint density at radius 3 is 2.82 bits per heavy atom. The lowest BCUT2D eigenvalue weighted by molar-refractivity contribution is 0.375. The molecule has 6 nitrogen and oxygen atoms in total. The number of hydrazone groups is 1. The number of allylic oxidation sites excluding steroid dienone is 2. The smallest absolute Gasteiger partial charge is 0.189 e. The van der Waals surface area contributed by atoms with Crippen molar-refractivity contribution in [1.29, 1.82) is 0 Å². The van der Waals surface area contributed by atoms with Gasteiger partial charge in [-0.05, 0) is 55.2 Å². The molecule has 0 aliphatic carbocycles. The van der Waals surface area contributed by atoms with Crippen molar-refractivity contribution in [2.24, 2.45) is 5.10 Å². The molecule has 7 heteroatoms. The molecule has 1 aromatic rings. The third-order valence-corrected chi connectivity index (χ3v) is 5.98. The van der Waals surface area contributed by atoms with E-state index in [1.165, 1.54) is 16.9 Å². The van der Waals surface area contributed by atoms with Gasteiger partial charge >= 0.3 is 0 Å². The molecule has 1 unspecified atom stereocenters. The maximum absolute atomic E-state index is 5.62. The highest BCUT2D eigenvalue weighted by Gasteiger charge is 2.29. The molecule has 0 radical (unpaired) electrons. The van der Waals surface area contributed by atoms with Crippen LogP contribution in [0.5, 0.6) is 0 Å². The second kappa shape index (κ2) is 8.22. The summed E-state index contributed by atoms with van der Waals surface area (Å²) in [6, 6.07) is 8.82. The zero-order chi connectivity index (χ0) is 19.5. The summed E-state index contributed by atoms with van der Waals surface area (Å²) < 4.78 is 0. The Labute approximate surface area is 172 Å². The van der Waals surface area contributed by atoms with Crippen LogP contribution >= 0.6 is 12.2 Å². The molecule has 0 spiro atoms. The van der Waals surface area contributed by atoms with Crippen molar-refractivity contribution in [2.45, 2.75) is 19.4 Å². The molecule has 28 heavy (non-hydrogen) atoms. The first-order valence-electron chi connectivity index (χ1n) is 9.89. The van der Waals surface area contributed by atoms with E-state index in [0.717, 1.165) is 44.9 Å². The van der Waals surface area contributed by atoms with Crippen molar-refractivity contribution in [2.75, 3.05) is 44.7 Å². The van der Waals surface area contributed by atoms with Crippen LogP contribution in [-0.4, -0.2) is 66.4 Å². The lowest BCUT2D eigenvalue weighted by Crippen LogP contribution is -2.52. The minimum absolute atomic E-state index is 0.136. The minimum atomic E-state index is 0.136. The molecule has 0 amide bonds. The van der Waals surface area contributed by atoms with Crippen LogP contribution in [0.3, 0.4) is 0 Å². The van der Waals surface area contributed by atoms with Gasteiger partial charge in [0.25, 0.3) is 0 Å². The number of hydrogen-bond donors (Lipinski definition) is 2. The van der Waals surface area contributed by atoms with Crippen molar-refractivity contribution in [1.82, 2.24) is 20.5 Å². The van der Waals surface area contributed by atoms with Crippen LogP contribution in [0.25, 0.3) is 0 Å². The number of hydrogen-bond acceptors (Lipinski definition) is 5. The molecule has 1 aromatic carbocycles. The van der Waals surface area contributed by atoms with Gasteiger partial charge < -0.3 is 20.0 Å². The van der Waals surface area contributed by atoms with Gasteiger partial charge in [-0.15, -0.1) is 0 Å². The number of piperazine rings is 1. The molecule has 2 saturated heterocycles. The Bertz CT molecular complexity index is 822. The van der Waals surface area contributed by atoms with Crippen molar-refractivity contribution < 1.29 is 0 Å². The SMILES string of the molecule is Cc1cccc(N2CCN(C(=S)N/N=C3/CCN(C)C4=CC=CNC43)CC2)c1. The van der Waals surface area contributed by atoms with E-state index >= 15 is 0 Å². The third-order valence-electron chi connectivity index (χ3n) is 5.63. The lowest BCUT2D eigenvalue weighted by atomic mass is 9.97. The molecule has 1 atom stereocenters. The predicted octanol–water partition coefficient (Wildman–Crippen LogP) is 2.05. The number of thiocarbonyl (C=S) groups is 1. The average Bonchev–Trinajstić information content (AvgIpc) is 2.73. The van der Waals surface area contributed by atoms with Crippen LogP contribution in [0.2, 0.25) is 0 Å². The number of fused-ring (bicyclic) bond motifs is 1. The number of rotatable bonds is 2. The summed E-state index contributed by atoms with van der Waals surface area (Å²) >= 11 is 5.62. The van der Waals surface area contributed by atoms with Gasteiger partial charge in [-0.2, -0.15) is 5.10 Å². The fourth-order valence-electron chi connectivity index (χ4n) is 3.95. The van der Waals surface area contributed by atoms with E-state index in [1.807, 2.05) is 12.3 Å². The monoisotopic (exact) mass is 396 g/mol. The zero-order valence-electron chi connectivity index (χ0n) is 16.6. The molecule has 148 valence electrons.